The number of hydrogen-bond acceptors (Lipinski definition) is 3. The van der Waals surface area contributed by atoms with Gasteiger partial charge in [0, 0.05) is 6.54 Å². The summed E-state index contributed by atoms with van der Waals surface area (Å²) in [6.07, 6.45) is -0.480. The number of aliphatic hydroxyl groups is 1. The summed E-state index contributed by atoms with van der Waals surface area (Å²) < 4.78 is 0. The molecule has 1 unspecified atom stereocenters. The monoisotopic (exact) mass is 202 g/mol. The second kappa shape index (κ2) is 5.32. The van der Waals surface area contributed by atoms with Crippen LogP contribution in [0.2, 0.25) is 0 Å². The Morgan fingerprint density at radius 3 is 2.29 bits per heavy atom. The average Bonchev–Trinajstić information content (AvgIpc) is 2.13. The maximum Gasteiger partial charge on any atom is 0.239 e. The zero-order valence-electron chi connectivity index (χ0n) is 9.72. The van der Waals surface area contributed by atoms with E-state index in [9.17, 15) is 9.90 Å². The Bertz CT molecular complexity index is 191. The lowest BCUT2D eigenvalue weighted by molar-refractivity contribution is -0.126. The molecular weight excluding hydrogens is 180 g/mol. The van der Waals surface area contributed by atoms with Gasteiger partial charge in [-0.1, -0.05) is 13.8 Å². The van der Waals surface area contributed by atoms with E-state index in [1.807, 2.05) is 13.8 Å². The molecule has 4 nitrogen and oxygen atoms in total. The predicted molar refractivity (Wildman–Crippen MR) is 57.0 cm³/mol. The smallest absolute Gasteiger partial charge is 0.239 e. The van der Waals surface area contributed by atoms with Crippen LogP contribution in [-0.4, -0.2) is 36.2 Å². The molecular formula is C10H22N2O2. The summed E-state index contributed by atoms with van der Waals surface area (Å²) in [5, 5.41) is 15.1. The molecule has 0 fully saturated rings. The fourth-order valence-corrected chi connectivity index (χ4v) is 0.767. The molecule has 0 aromatic rings. The summed E-state index contributed by atoms with van der Waals surface area (Å²) in [7, 11) is 1.73. The first-order valence-electron chi connectivity index (χ1n) is 4.96. The van der Waals surface area contributed by atoms with Crippen LogP contribution >= 0.6 is 0 Å². The van der Waals surface area contributed by atoms with Gasteiger partial charge in [0.15, 0.2) is 0 Å². The highest BCUT2D eigenvalue weighted by Crippen LogP contribution is 2.02. The number of rotatable bonds is 5. The average molecular weight is 202 g/mol. The maximum atomic E-state index is 11.5. The van der Waals surface area contributed by atoms with Crippen molar-refractivity contribution in [1.29, 1.82) is 0 Å². The molecule has 0 saturated heterocycles. The Kier molecular flexibility index (Phi) is 5.08. The number of likely N-dealkylation sites (N-methyl/N-ethyl adjacent to an activating group) is 1. The minimum Gasteiger partial charge on any atom is -0.391 e. The SMILES string of the molecule is CNC(C)(C)C(=O)NCC(O)C(C)C. The van der Waals surface area contributed by atoms with Crippen molar-refractivity contribution in [2.24, 2.45) is 5.92 Å². The predicted octanol–water partition coefficient (Wildman–Crippen LogP) is 0.118. The topological polar surface area (TPSA) is 61.4 Å². The van der Waals surface area contributed by atoms with Crippen LogP contribution in [-0.2, 0) is 4.79 Å². The second-order valence-corrected chi connectivity index (χ2v) is 4.40. The van der Waals surface area contributed by atoms with E-state index in [0.717, 1.165) is 0 Å². The van der Waals surface area contributed by atoms with E-state index in [2.05, 4.69) is 10.6 Å². The molecule has 0 aliphatic heterocycles. The van der Waals surface area contributed by atoms with Crippen molar-refractivity contribution in [2.75, 3.05) is 13.6 Å². The number of amides is 1. The minimum absolute atomic E-state index is 0.0975. The van der Waals surface area contributed by atoms with Crippen molar-refractivity contribution in [3.63, 3.8) is 0 Å². The van der Waals surface area contributed by atoms with Crippen LogP contribution in [0.25, 0.3) is 0 Å². The molecule has 0 bridgehead atoms. The van der Waals surface area contributed by atoms with Gasteiger partial charge in [-0.25, -0.2) is 0 Å². The standard InChI is InChI=1S/C10H22N2O2/c1-7(2)8(13)6-12-9(14)10(3,4)11-5/h7-8,11,13H,6H2,1-5H3,(H,12,14). The molecule has 3 N–H and O–H groups in total. The van der Waals surface area contributed by atoms with Gasteiger partial charge in [0.2, 0.25) is 5.91 Å². The Hall–Kier alpha value is -0.610. The van der Waals surface area contributed by atoms with Crippen molar-refractivity contribution >= 4 is 5.91 Å². The third-order valence-corrected chi connectivity index (χ3v) is 2.43. The van der Waals surface area contributed by atoms with Gasteiger partial charge in [-0.3, -0.25) is 4.79 Å². The van der Waals surface area contributed by atoms with Crippen molar-refractivity contribution in [1.82, 2.24) is 10.6 Å². The van der Waals surface area contributed by atoms with Gasteiger partial charge in [0.25, 0.3) is 0 Å². The first-order chi connectivity index (χ1) is 6.31. The Labute approximate surface area is 86.1 Å². The molecule has 0 rings (SSSR count). The lowest BCUT2D eigenvalue weighted by atomic mass is 10.0. The zero-order valence-corrected chi connectivity index (χ0v) is 9.72. The zero-order chi connectivity index (χ0) is 11.4. The van der Waals surface area contributed by atoms with Crippen LogP contribution in [0, 0.1) is 5.92 Å². The number of carbonyl (C=O) groups excluding carboxylic acids is 1. The van der Waals surface area contributed by atoms with Gasteiger partial charge in [0.05, 0.1) is 11.6 Å². The summed E-state index contributed by atoms with van der Waals surface area (Å²) in [6.45, 7) is 7.73. The fourth-order valence-electron chi connectivity index (χ4n) is 0.767. The molecule has 0 aliphatic carbocycles. The molecule has 84 valence electrons. The molecule has 0 aromatic heterocycles. The molecule has 4 heteroatoms. The van der Waals surface area contributed by atoms with E-state index in [1.54, 1.807) is 20.9 Å². The van der Waals surface area contributed by atoms with E-state index in [-0.39, 0.29) is 11.8 Å². The van der Waals surface area contributed by atoms with E-state index >= 15 is 0 Å². The maximum absolute atomic E-state index is 11.5. The van der Waals surface area contributed by atoms with Crippen LogP contribution in [0.1, 0.15) is 27.7 Å². The van der Waals surface area contributed by atoms with Crippen molar-refractivity contribution in [3.05, 3.63) is 0 Å². The van der Waals surface area contributed by atoms with E-state index in [0.29, 0.717) is 6.54 Å². The van der Waals surface area contributed by atoms with Gasteiger partial charge < -0.3 is 15.7 Å². The van der Waals surface area contributed by atoms with Gasteiger partial charge in [-0.2, -0.15) is 0 Å². The van der Waals surface area contributed by atoms with Crippen LogP contribution < -0.4 is 10.6 Å². The summed E-state index contributed by atoms with van der Waals surface area (Å²) in [5.41, 5.74) is -0.587. The quantitative estimate of drug-likeness (QED) is 0.593. The third-order valence-electron chi connectivity index (χ3n) is 2.43. The highest BCUT2D eigenvalue weighted by Gasteiger charge is 2.25. The fraction of sp³-hybridized carbons (Fsp3) is 0.900. The normalized spacial score (nSPS) is 14.2. The number of hydrogen-bond donors (Lipinski definition) is 3. The van der Waals surface area contributed by atoms with Gasteiger partial charge in [0.1, 0.15) is 0 Å². The van der Waals surface area contributed by atoms with Crippen molar-refractivity contribution in [2.45, 2.75) is 39.3 Å². The van der Waals surface area contributed by atoms with E-state index < -0.39 is 11.6 Å². The minimum atomic E-state index is -0.587. The molecule has 0 aliphatic rings. The van der Waals surface area contributed by atoms with Gasteiger partial charge in [-0.15, -0.1) is 0 Å². The number of nitrogens with one attached hydrogen (secondary N) is 2. The Morgan fingerprint density at radius 1 is 1.43 bits per heavy atom. The number of aliphatic hydroxyl groups excluding tert-OH is 1. The molecule has 1 atom stereocenters. The highest BCUT2D eigenvalue weighted by molar-refractivity contribution is 5.85. The number of carbonyl (C=O) groups is 1. The van der Waals surface area contributed by atoms with Crippen LogP contribution in [0.4, 0.5) is 0 Å². The Morgan fingerprint density at radius 2 is 1.93 bits per heavy atom. The van der Waals surface area contributed by atoms with Gasteiger partial charge in [-0.05, 0) is 26.8 Å². The van der Waals surface area contributed by atoms with Crippen molar-refractivity contribution in [3.8, 4) is 0 Å². The Balaban J connectivity index is 3.97. The molecule has 0 spiro atoms. The van der Waals surface area contributed by atoms with Gasteiger partial charge >= 0.3 is 0 Å². The molecule has 0 aromatic carbocycles. The molecule has 0 heterocycles. The lowest BCUT2D eigenvalue weighted by Crippen LogP contribution is -2.52. The van der Waals surface area contributed by atoms with Crippen LogP contribution in [0.3, 0.4) is 0 Å². The van der Waals surface area contributed by atoms with E-state index in [4.69, 9.17) is 0 Å². The van der Waals surface area contributed by atoms with Crippen LogP contribution in [0.5, 0.6) is 0 Å². The van der Waals surface area contributed by atoms with Crippen LogP contribution in [0.15, 0.2) is 0 Å². The molecule has 1 amide bonds. The van der Waals surface area contributed by atoms with E-state index in [1.165, 1.54) is 0 Å². The summed E-state index contributed by atoms with van der Waals surface area (Å²) in [5.74, 6) is 0.0627. The molecule has 0 saturated carbocycles. The summed E-state index contributed by atoms with van der Waals surface area (Å²) in [6, 6.07) is 0. The largest absolute Gasteiger partial charge is 0.391 e. The summed E-state index contributed by atoms with van der Waals surface area (Å²) >= 11 is 0. The molecule has 14 heavy (non-hydrogen) atoms. The third kappa shape index (κ3) is 4.07. The molecule has 0 radical (unpaired) electrons. The first-order valence-corrected chi connectivity index (χ1v) is 4.96. The van der Waals surface area contributed by atoms with Crippen molar-refractivity contribution < 1.29 is 9.90 Å². The lowest BCUT2D eigenvalue weighted by Gasteiger charge is -2.24. The second-order valence-electron chi connectivity index (χ2n) is 4.40. The first kappa shape index (κ1) is 13.4. The highest BCUT2D eigenvalue weighted by atomic mass is 16.3. The summed E-state index contributed by atoms with van der Waals surface area (Å²) in [4.78, 5) is 11.5.